The molecule has 0 radical (unpaired) electrons. The van der Waals surface area contributed by atoms with E-state index in [1.165, 1.54) is 25.7 Å². The molecule has 2 nitrogen and oxygen atoms in total. The van der Waals surface area contributed by atoms with Crippen LogP contribution in [0.4, 0.5) is 0 Å². The minimum absolute atomic E-state index is 0.642. The van der Waals surface area contributed by atoms with E-state index in [4.69, 9.17) is 11.6 Å². The summed E-state index contributed by atoms with van der Waals surface area (Å²) in [4.78, 5) is 4.02. The Labute approximate surface area is 115 Å². The van der Waals surface area contributed by atoms with Gasteiger partial charge in [-0.3, -0.25) is 4.98 Å². The molecular weight excluding hydrogens is 244 g/mol. The van der Waals surface area contributed by atoms with E-state index in [1.807, 2.05) is 12.3 Å². The van der Waals surface area contributed by atoms with Crippen LogP contribution in [0, 0.1) is 11.8 Å². The first-order valence-corrected chi connectivity index (χ1v) is 7.38. The highest BCUT2D eigenvalue weighted by Crippen LogP contribution is 2.30. The van der Waals surface area contributed by atoms with Crippen LogP contribution in [-0.4, -0.2) is 11.0 Å². The Morgan fingerprint density at radius 3 is 2.89 bits per heavy atom. The van der Waals surface area contributed by atoms with Crippen LogP contribution >= 0.6 is 11.6 Å². The van der Waals surface area contributed by atoms with Crippen molar-refractivity contribution in [3.05, 3.63) is 29.0 Å². The fraction of sp³-hybridized carbons (Fsp3) is 0.667. The molecule has 100 valence electrons. The van der Waals surface area contributed by atoms with Gasteiger partial charge in [-0.2, -0.15) is 0 Å². The molecule has 2 unspecified atom stereocenters. The maximum absolute atomic E-state index is 6.14. The normalized spacial score (nSPS) is 24.4. The van der Waals surface area contributed by atoms with Crippen molar-refractivity contribution in [3.63, 3.8) is 0 Å². The van der Waals surface area contributed by atoms with Crippen molar-refractivity contribution < 1.29 is 0 Å². The SMILES string of the molecule is CC(C)C1CCCCC1NCc1ccncc1Cl. The fourth-order valence-corrected chi connectivity index (χ4v) is 3.19. The average molecular weight is 267 g/mol. The molecule has 0 saturated heterocycles. The van der Waals surface area contributed by atoms with Crippen molar-refractivity contribution in [1.82, 2.24) is 10.3 Å². The summed E-state index contributed by atoms with van der Waals surface area (Å²) < 4.78 is 0. The van der Waals surface area contributed by atoms with Crippen molar-refractivity contribution in [2.75, 3.05) is 0 Å². The number of aromatic nitrogens is 1. The van der Waals surface area contributed by atoms with Gasteiger partial charge in [0.2, 0.25) is 0 Å². The summed E-state index contributed by atoms with van der Waals surface area (Å²) in [5, 5.41) is 4.46. The lowest BCUT2D eigenvalue weighted by atomic mass is 9.78. The van der Waals surface area contributed by atoms with Crippen molar-refractivity contribution >= 4 is 11.6 Å². The molecule has 18 heavy (non-hydrogen) atoms. The Bertz CT molecular complexity index is 379. The summed E-state index contributed by atoms with van der Waals surface area (Å²) in [6.45, 7) is 5.53. The summed E-state index contributed by atoms with van der Waals surface area (Å²) in [6.07, 6.45) is 8.93. The lowest BCUT2D eigenvalue weighted by Crippen LogP contribution is -2.40. The number of nitrogens with one attached hydrogen (secondary N) is 1. The van der Waals surface area contributed by atoms with Crippen LogP contribution in [0.3, 0.4) is 0 Å². The van der Waals surface area contributed by atoms with E-state index in [1.54, 1.807) is 6.20 Å². The lowest BCUT2D eigenvalue weighted by molar-refractivity contribution is 0.204. The van der Waals surface area contributed by atoms with E-state index in [9.17, 15) is 0 Å². The lowest BCUT2D eigenvalue weighted by Gasteiger charge is -2.35. The third-order valence-corrected chi connectivity index (χ3v) is 4.43. The summed E-state index contributed by atoms with van der Waals surface area (Å²) in [6, 6.07) is 2.64. The molecule has 0 amide bonds. The van der Waals surface area contributed by atoms with Crippen LogP contribution in [0.15, 0.2) is 18.5 Å². The van der Waals surface area contributed by atoms with Gasteiger partial charge in [0.05, 0.1) is 5.02 Å². The Kier molecular flexibility index (Phi) is 5.02. The molecule has 2 rings (SSSR count). The average Bonchev–Trinajstić information content (AvgIpc) is 2.38. The Morgan fingerprint density at radius 1 is 1.39 bits per heavy atom. The van der Waals surface area contributed by atoms with E-state index >= 15 is 0 Å². The molecule has 1 heterocycles. The number of hydrogen-bond acceptors (Lipinski definition) is 2. The quantitative estimate of drug-likeness (QED) is 0.890. The van der Waals surface area contributed by atoms with Gasteiger partial charge in [0.25, 0.3) is 0 Å². The highest BCUT2D eigenvalue weighted by Gasteiger charge is 2.26. The highest BCUT2D eigenvalue weighted by atomic mass is 35.5. The fourth-order valence-electron chi connectivity index (χ4n) is 3.00. The molecule has 0 spiro atoms. The van der Waals surface area contributed by atoms with Crippen LogP contribution in [-0.2, 0) is 6.54 Å². The van der Waals surface area contributed by atoms with Gasteiger partial charge in [-0.1, -0.05) is 38.3 Å². The van der Waals surface area contributed by atoms with Crippen molar-refractivity contribution in [2.45, 2.75) is 52.1 Å². The monoisotopic (exact) mass is 266 g/mol. The van der Waals surface area contributed by atoms with Gasteiger partial charge in [0, 0.05) is 25.0 Å². The topological polar surface area (TPSA) is 24.9 Å². The number of pyridine rings is 1. The van der Waals surface area contributed by atoms with Gasteiger partial charge < -0.3 is 5.32 Å². The molecule has 1 aliphatic rings. The molecule has 0 bridgehead atoms. The summed E-state index contributed by atoms with van der Waals surface area (Å²) >= 11 is 6.14. The van der Waals surface area contributed by atoms with Gasteiger partial charge in [-0.15, -0.1) is 0 Å². The first kappa shape index (κ1) is 13.8. The molecular formula is C15H23ClN2. The molecule has 1 saturated carbocycles. The zero-order valence-electron chi connectivity index (χ0n) is 11.3. The molecule has 1 fully saturated rings. The zero-order chi connectivity index (χ0) is 13.0. The van der Waals surface area contributed by atoms with E-state index in [-0.39, 0.29) is 0 Å². The second kappa shape index (κ2) is 6.53. The second-order valence-electron chi connectivity index (χ2n) is 5.65. The maximum Gasteiger partial charge on any atom is 0.0634 e. The molecule has 1 aliphatic carbocycles. The maximum atomic E-state index is 6.14. The predicted octanol–water partition coefficient (Wildman–Crippen LogP) is 4.04. The third kappa shape index (κ3) is 3.46. The van der Waals surface area contributed by atoms with Gasteiger partial charge in [-0.25, -0.2) is 0 Å². The minimum Gasteiger partial charge on any atom is -0.310 e. The number of nitrogens with zero attached hydrogens (tertiary/aromatic N) is 1. The molecule has 1 aromatic heterocycles. The standard InChI is InChI=1S/C15H23ClN2/c1-11(2)13-5-3-4-6-15(13)18-9-12-7-8-17-10-14(12)16/h7-8,10-11,13,15,18H,3-6,9H2,1-2H3. The van der Waals surface area contributed by atoms with E-state index < -0.39 is 0 Å². The number of hydrogen-bond donors (Lipinski definition) is 1. The Morgan fingerprint density at radius 2 is 2.17 bits per heavy atom. The van der Waals surface area contributed by atoms with Crippen LogP contribution in [0.1, 0.15) is 45.1 Å². The smallest absolute Gasteiger partial charge is 0.0634 e. The Balaban J connectivity index is 1.94. The van der Waals surface area contributed by atoms with E-state index in [0.717, 1.165) is 29.0 Å². The molecule has 1 aromatic rings. The minimum atomic E-state index is 0.642. The van der Waals surface area contributed by atoms with Gasteiger partial charge >= 0.3 is 0 Å². The van der Waals surface area contributed by atoms with Crippen LogP contribution in [0.25, 0.3) is 0 Å². The van der Waals surface area contributed by atoms with Crippen molar-refractivity contribution in [1.29, 1.82) is 0 Å². The zero-order valence-corrected chi connectivity index (χ0v) is 12.1. The number of rotatable bonds is 4. The third-order valence-electron chi connectivity index (χ3n) is 4.09. The molecule has 1 N–H and O–H groups in total. The van der Waals surface area contributed by atoms with Crippen LogP contribution in [0.2, 0.25) is 5.02 Å². The van der Waals surface area contributed by atoms with Gasteiger partial charge in [0.1, 0.15) is 0 Å². The summed E-state index contributed by atoms with van der Waals surface area (Å²) in [5.41, 5.74) is 1.15. The molecule has 0 aliphatic heterocycles. The molecule has 3 heteroatoms. The predicted molar refractivity (Wildman–Crippen MR) is 76.7 cm³/mol. The number of halogens is 1. The van der Waals surface area contributed by atoms with Crippen molar-refractivity contribution in [2.24, 2.45) is 11.8 Å². The van der Waals surface area contributed by atoms with Crippen LogP contribution in [0.5, 0.6) is 0 Å². The van der Waals surface area contributed by atoms with E-state index in [2.05, 4.69) is 24.1 Å². The highest BCUT2D eigenvalue weighted by molar-refractivity contribution is 6.31. The molecule has 0 aromatic carbocycles. The molecule has 2 atom stereocenters. The van der Waals surface area contributed by atoms with Crippen LogP contribution < -0.4 is 5.32 Å². The largest absolute Gasteiger partial charge is 0.310 e. The van der Waals surface area contributed by atoms with Gasteiger partial charge in [-0.05, 0) is 36.3 Å². The first-order valence-electron chi connectivity index (χ1n) is 7.00. The second-order valence-corrected chi connectivity index (χ2v) is 6.05. The summed E-state index contributed by atoms with van der Waals surface area (Å²) in [5.74, 6) is 1.56. The van der Waals surface area contributed by atoms with E-state index in [0.29, 0.717) is 6.04 Å². The first-order chi connectivity index (χ1) is 8.68. The van der Waals surface area contributed by atoms with Gasteiger partial charge in [0.15, 0.2) is 0 Å². The van der Waals surface area contributed by atoms with Crippen molar-refractivity contribution in [3.8, 4) is 0 Å². The summed E-state index contributed by atoms with van der Waals surface area (Å²) in [7, 11) is 0. The Hall–Kier alpha value is -0.600.